The quantitative estimate of drug-likeness (QED) is 0.903. The topological polar surface area (TPSA) is 27.6 Å². The minimum Gasteiger partial charge on any atom is -0.372 e. The highest BCUT2D eigenvalue weighted by molar-refractivity contribution is 6.31. The first-order valence-corrected chi connectivity index (χ1v) is 8.65. The summed E-state index contributed by atoms with van der Waals surface area (Å²) in [6.45, 7) is 9.92. The summed E-state index contributed by atoms with van der Waals surface area (Å²) in [4.78, 5) is 7.16. The van der Waals surface area contributed by atoms with Gasteiger partial charge in [-0.3, -0.25) is 4.99 Å². The molecule has 1 aromatic carbocycles. The zero-order valence-electron chi connectivity index (χ0n) is 13.7. The molecule has 0 radical (unpaired) electrons. The van der Waals surface area contributed by atoms with Gasteiger partial charge in [-0.1, -0.05) is 11.6 Å². The van der Waals surface area contributed by atoms with Gasteiger partial charge in [-0.05, 0) is 56.9 Å². The highest BCUT2D eigenvalue weighted by Crippen LogP contribution is 2.59. The first-order chi connectivity index (χ1) is 10.4. The molecule has 1 aliphatic carbocycles. The van der Waals surface area contributed by atoms with Crippen LogP contribution in [0.15, 0.2) is 17.1 Å². The molecule has 3 aliphatic rings. The van der Waals surface area contributed by atoms with E-state index in [4.69, 9.17) is 11.6 Å². The second kappa shape index (κ2) is 4.64. The van der Waals surface area contributed by atoms with Crippen molar-refractivity contribution in [3.05, 3.63) is 28.3 Å². The first kappa shape index (κ1) is 14.4. The second-order valence-electron chi connectivity index (χ2n) is 7.93. The molecule has 0 saturated heterocycles. The average Bonchev–Trinajstić information content (AvgIpc) is 2.87. The van der Waals surface area contributed by atoms with Gasteiger partial charge in [0.25, 0.3) is 0 Å². The van der Waals surface area contributed by atoms with E-state index >= 15 is 0 Å². The monoisotopic (exact) mass is 317 g/mol. The fourth-order valence-corrected chi connectivity index (χ4v) is 4.12. The van der Waals surface area contributed by atoms with Crippen LogP contribution in [-0.4, -0.2) is 31.0 Å². The fraction of sp³-hybridized carbons (Fsp3) is 0.611. The smallest absolute Gasteiger partial charge is 0.101 e. The van der Waals surface area contributed by atoms with Crippen molar-refractivity contribution in [1.82, 2.24) is 5.32 Å². The molecular weight excluding hydrogens is 294 g/mol. The SMILES string of the molecule is CC(C)(C)N1CC2(CC2)c2cc(Cl)cc(CC3=NCCN3)c21. The van der Waals surface area contributed by atoms with E-state index in [1.165, 1.54) is 29.7 Å². The van der Waals surface area contributed by atoms with Crippen LogP contribution in [0.3, 0.4) is 0 Å². The van der Waals surface area contributed by atoms with E-state index in [1.54, 1.807) is 0 Å². The van der Waals surface area contributed by atoms with Gasteiger partial charge in [0.2, 0.25) is 0 Å². The largest absolute Gasteiger partial charge is 0.372 e. The highest BCUT2D eigenvalue weighted by atomic mass is 35.5. The molecule has 1 spiro atoms. The Morgan fingerprint density at radius 1 is 1.32 bits per heavy atom. The number of nitrogens with zero attached hydrogens (tertiary/aromatic N) is 2. The lowest BCUT2D eigenvalue weighted by atomic mass is 9.95. The summed E-state index contributed by atoms with van der Waals surface area (Å²) >= 11 is 6.45. The summed E-state index contributed by atoms with van der Waals surface area (Å²) in [7, 11) is 0. The van der Waals surface area contributed by atoms with E-state index in [2.05, 4.69) is 48.1 Å². The Kier molecular flexibility index (Phi) is 3.03. The Hall–Kier alpha value is -1.22. The minimum absolute atomic E-state index is 0.133. The predicted molar refractivity (Wildman–Crippen MR) is 93.5 cm³/mol. The molecule has 118 valence electrons. The summed E-state index contributed by atoms with van der Waals surface area (Å²) in [5.74, 6) is 1.11. The van der Waals surface area contributed by atoms with Crippen LogP contribution in [0.2, 0.25) is 5.02 Å². The summed E-state index contributed by atoms with van der Waals surface area (Å²) in [6.07, 6.45) is 3.46. The van der Waals surface area contributed by atoms with Crippen molar-refractivity contribution < 1.29 is 0 Å². The van der Waals surface area contributed by atoms with Gasteiger partial charge in [0.15, 0.2) is 0 Å². The van der Waals surface area contributed by atoms with E-state index < -0.39 is 0 Å². The van der Waals surface area contributed by atoms with Gasteiger partial charge in [0.1, 0.15) is 5.84 Å². The van der Waals surface area contributed by atoms with Gasteiger partial charge < -0.3 is 10.2 Å². The summed E-state index contributed by atoms with van der Waals surface area (Å²) in [5, 5.41) is 4.26. The maximum atomic E-state index is 6.45. The maximum absolute atomic E-state index is 6.45. The normalized spacial score (nSPS) is 21.8. The van der Waals surface area contributed by atoms with Crippen LogP contribution in [0.25, 0.3) is 0 Å². The average molecular weight is 318 g/mol. The molecule has 22 heavy (non-hydrogen) atoms. The lowest BCUT2D eigenvalue weighted by Crippen LogP contribution is -2.42. The van der Waals surface area contributed by atoms with E-state index in [-0.39, 0.29) is 5.54 Å². The molecule has 1 saturated carbocycles. The number of halogens is 1. The number of benzene rings is 1. The Morgan fingerprint density at radius 3 is 2.68 bits per heavy atom. The second-order valence-corrected chi connectivity index (χ2v) is 8.37. The van der Waals surface area contributed by atoms with Crippen molar-refractivity contribution in [2.24, 2.45) is 4.99 Å². The fourth-order valence-electron chi connectivity index (χ4n) is 3.88. The molecule has 2 heterocycles. The molecule has 1 aromatic rings. The number of aliphatic imine (C=N–C) groups is 1. The summed E-state index contributed by atoms with van der Waals surface area (Å²) in [5.41, 5.74) is 4.73. The van der Waals surface area contributed by atoms with Gasteiger partial charge in [-0.15, -0.1) is 0 Å². The van der Waals surface area contributed by atoms with Crippen LogP contribution in [0, 0.1) is 0 Å². The Bertz CT molecular complexity index is 653. The van der Waals surface area contributed by atoms with Crippen molar-refractivity contribution in [3.8, 4) is 0 Å². The van der Waals surface area contributed by atoms with Gasteiger partial charge in [0, 0.05) is 41.2 Å². The number of nitrogens with one attached hydrogen (secondary N) is 1. The third-order valence-electron chi connectivity index (χ3n) is 5.22. The number of anilines is 1. The summed E-state index contributed by atoms with van der Waals surface area (Å²) in [6, 6.07) is 4.35. The standard InChI is InChI=1S/C18H24ClN3/c1-17(2,3)22-11-18(4-5-18)14-10-13(19)8-12(16(14)22)9-15-20-6-7-21-15/h8,10H,4-7,9,11H2,1-3H3,(H,20,21). The van der Waals surface area contributed by atoms with Crippen molar-refractivity contribution in [2.45, 2.75) is 51.0 Å². The van der Waals surface area contributed by atoms with Crippen LogP contribution >= 0.6 is 11.6 Å². The van der Waals surface area contributed by atoms with Crippen molar-refractivity contribution in [1.29, 1.82) is 0 Å². The molecule has 1 fully saturated rings. The minimum atomic E-state index is 0.133. The van der Waals surface area contributed by atoms with Gasteiger partial charge in [-0.2, -0.15) is 0 Å². The summed E-state index contributed by atoms with van der Waals surface area (Å²) < 4.78 is 0. The molecule has 0 amide bonds. The molecular formula is C18H24ClN3. The molecule has 0 aromatic heterocycles. The van der Waals surface area contributed by atoms with Crippen LogP contribution < -0.4 is 10.2 Å². The molecule has 0 unspecified atom stereocenters. The zero-order valence-corrected chi connectivity index (χ0v) is 14.4. The molecule has 3 nitrogen and oxygen atoms in total. The molecule has 4 heteroatoms. The molecule has 0 bridgehead atoms. The van der Waals surface area contributed by atoms with Crippen LogP contribution in [0.4, 0.5) is 5.69 Å². The van der Waals surface area contributed by atoms with E-state index in [0.717, 1.165) is 36.9 Å². The van der Waals surface area contributed by atoms with Crippen LogP contribution in [-0.2, 0) is 11.8 Å². The van der Waals surface area contributed by atoms with Crippen LogP contribution in [0.5, 0.6) is 0 Å². The molecule has 0 atom stereocenters. The molecule has 2 aliphatic heterocycles. The van der Waals surface area contributed by atoms with Gasteiger partial charge in [-0.25, -0.2) is 0 Å². The van der Waals surface area contributed by atoms with Gasteiger partial charge >= 0.3 is 0 Å². The Balaban J connectivity index is 1.82. The van der Waals surface area contributed by atoms with E-state index in [0.29, 0.717) is 5.41 Å². The van der Waals surface area contributed by atoms with Crippen molar-refractivity contribution in [2.75, 3.05) is 24.5 Å². The first-order valence-electron chi connectivity index (χ1n) is 8.27. The van der Waals surface area contributed by atoms with E-state index in [9.17, 15) is 0 Å². The highest BCUT2D eigenvalue weighted by Gasteiger charge is 2.54. The number of hydrogen-bond donors (Lipinski definition) is 1. The van der Waals surface area contributed by atoms with E-state index in [1.807, 2.05) is 0 Å². The number of fused-ring (bicyclic) bond motifs is 2. The molecule has 1 N–H and O–H groups in total. The lowest BCUT2D eigenvalue weighted by Gasteiger charge is -2.36. The molecule has 4 rings (SSSR count). The third kappa shape index (κ3) is 2.21. The predicted octanol–water partition coefficient (Wildman–Crippen LogP) is 3.53. The van der Waals surface area contributed by atoms with Crippen molar-refractivity contribution >= 4 is 23.1 Å². The third-order valence-corrected chi connectivity index (χ3v) is 5.44. The van der Waals surface area contributed by atoms with Crippen molar-refractivity contribution in [3.63, 3.8) is 0 Å². The zero-order chi connectivity index (χ0) is 15.5. The van der Waals surface area contributed by atoms with Crippen LogP contribution in [0.1, 0.15) is 44.7 Å². The number of rotatable bonds is 2. The Labute approximate surface area is 137 Å². The lowest BCUT2D eigenvalue weighted by molar-refractivity contribution is 0.496. The number of hydrogen-bond acceptors (Lipinski definition) is 3. The number of amidine groups is 1. The maximum Gasteiger partial charge on any atom is 0.101 e. The van der Waals surface area contributed by atoms with Gasteiger partial charge in [0.05, 0.1) is 6.54 Å². The Morgan fingerprint density at radius 2 is 2.09 bits per heavy atom.